The summed E-state index contributed by atoms with van der Waals surface area (Å²) in [5, 5.41) is 7.23. The van der Waals surface area contributed by atoms with Gasteiger partial charge in [0, 0.05) is 49.1 Å². The van der Waals surface area contributed by atoms with Crippen LogP contribution in [0.4, 0.5) is 0 Å². The zero-order valence-electron chi connectivity index (χ0n) is 27.6. The SMILES string of the molecule is c1ccc(-n2c3ccccc3c3c(-c4ccc5c6ccccc6n(-c6ccccc6-c6cccc7c6oc6ccccc67)c5c4)cccc32)cc1. The van der Waals surface area contributed by atoms with Crippen LogP contribution < -0.4 is 0 Å². The maximum absolute atomic E-state index is 6.56. The van der Waals surface area contributed by atoms with Gasteiger partial charge in [-0.15, -0.1) is 0 Å². The average molecular weight is 651 g/mol. The van der Waals surface area contributed by atoms with Gasteiger partial charge in [0.2, 0.25) is 0 Å². The molecule has 0 saturated carbocycles. The molecule has 0 saturated heterocycles. The molecule has 3 heterocycles. The van der Waals surface area contributed by atoms with E-state index in [1.165, 1.54) is 54.7 Å². The van der Waals surface area contributed by atoms with Crippen LogP contribution >= 0.6 is 0 Å². The molecule has 0 spiro atoms. The van der Waals surface area contributed by atoms with Crippen LogP contribution in [0, 0.1) is 0 Å². The van der Waals surface area contributed by atoms with Crippen LogP contribution in [-0.4, -0.2) is 9.13 Å². The molecule has 11 aromatic rings. The molecule has 0 N–H and O–H groups in total. The van der Waals surface area contributed by atoms with E-state index < -0.39 is 0 Å². The van der Waals surface area contributed by atoms with Crippen molar-refractivity contribution >= 4 is 65.6 Å². The van der Waals surface area contributed by atoms with E-state index in [1.807, 2.05) is 6.07 Å². The molecule has 0 atom stereocenters. The molecule has 3 aromatic heterocycles. The van der Waals surface area contributed by atoms with Crippen molar-refractivity contribution in [1.82, 2.24) is 9.13 Å². The van der Waals surface area contributed by atoms with Crippen LogP contribution in [0.3, 0.4) is 0 Å². The normalized spacial score (nSPS) is 11.9. The van der Waals surface area contributed by atoms with Gasteiger partial charge in [-0.2, -0.15) is 0 Å². The largest absolute Gasteiger partial charge is 0.455 e. The molecule has 0 aliphatic rings. The quantitative estimate of drug-likeness (QED) is 0.186. The Hall–Kier alpha value is -6.84. The molecule has 3 heteroatoms. The lowest BCUT2D eigenvalue weighted by atomic mass is 9.98. The predicted octanol–water partition coefficient (Wildman–Crippen LogP) is 13.1. The Morgan fingerprint density at radius 1 is 0.353 bits per heavy atom. The van der Waals surface area contributed by atoms with Crippen molar-refractivity contribution in [2.24, 2.45) is 0 Å². The molecule has 0 bridgehead atoms. The van der Waals surface area contributed by atoms with Gasteiger partial charge in [0.1, 0.15) is 11.2 Å². The van der Waals surface area contributed by atoms with Crippen molar-refractivity contribution in [3.05, 3.63) is 182 Å². The van der Waals surface area contributed by atoms with Gasteiger partial charge in [0.25, 0.3) is 0 Å². The van der Waals surface area contributed by atoms with Crippen LogP contribution in [0.5, 0.6) is 0 Å². The highest BCUT2D eigenvalue weighted by atomic mass is 16.3. The van der Waals surface area contributed by atoms with E-state index in [0.29, 0.717) is 0 Å². The Morgan fingerprint density at radius 2 is 0.961 bits per heavy atom. The van der Waals surface area contributed by atoms with E-state index in [1.54, 1.807) is 0 Å². The third kappa shape index (κ3) is 4.06. The summed E-state index contributed by atoms with van der Waals surface area (Å²) in [7, 11) is 0. The lowest BCUT2D eigenvalue weighted by molar-refractivity contribution is 0.670. The molecule has 3 nitrogen and oxygen atoms in total. The summed E-state index contributed by atoms with van der Waals surface area (Å²) < 4.78 is 11.4. The highest BCUT2D eigenvalue weighted by Gasteiger charge is 2.21. The standard InChI is InChI=1S/C48H30N2O/c1-2-14-32(15-3-1)49-43-25-10-6-19-40(43)47-33(20-13-26-44(47)49)31-28-29-36-34-16-4-8-23-41(34)50(45(36)30-31)42-24-9-5-17-35(42)38-21-12-22-39-37-18-7-11-27-46(37)51-48(38)39/h1-30H. The Labute approximate surface area is 293 Å². The lowest BCUT2D eigenvalue weighted by Crippen LogP contribution is -1.97. The molecule has 11 rings (SSSR count). The first-order chi connectivity index (χ1) is 25.3. The molecule has 0 aliphatic carbocycles. The average Bonchev–Trinajstić information content (AvgIpc) is 3.86. The Morgan fingerprint density at radius 3 is 1.84 bits per heavy atom. The fraction of sp³-hybridized carbons (Fsp3) is 0. The number of hydrogen-bond donors (Lipinski definition) is 0. The van der Waals surface area contributed by atoms with Crippen molar-refractivity contribution in [3.8, 4) is 33.6 Å². The highest BCUT2D eigenvalue weighted by molar-refractivity contribution is 6.17. The van der Waals surface area contributed by atoms with Crippen molar-refractivity contribution in [2.45, 2.75) is 0 Å². The van der Waals surface area contributed by atoms with E-state index >= 15 is 0 Å². The van der Waals surface area contributed by atoms with Crippen LogP contribution in [-0.2, 0) is 0 Å². The first kappa shape index (κ1) is 28.0. The maximum atomic E-state index is 6.56. The smallest absolute Gasteiger partial charge is 0.143 e. The minimum absolute atomic E-state index is 0.904. The minimum Gasteiger partial charge on any atom is -0.455 e. The van der Waals surface area contributed by atoms with Crippen LogP contribution in [0.1, 0.15) is 0 Å². The number of furan rings is 1. The van der Waals surface area contributed by atoms with Crippen LogP contribution in [0.15, 0.2) is 186 Å². The maximum Gasteiger partial charge on any atom is 0.143 e. The number of hydrogen-bond acceptors (Lipinski definition) is 1. The van der Waals surface area contributed by atoms with Crippen LogP contribution in [0.2, 0.25) is 0 Å². The van der Waals surface area contributed by atoms with Gasteiger partial charge in [-0.1, -0.05) is 133 Å². The second-order valence-electron chi connectivity index (χ2n) is 13.3. The number of fused-ring (bicyclic) bond motifs is 9. The second-order valence-corrected chi connectivity index (χ2v) is 13.3. The summed E-state index contributed by atoms with van der Waals surface area (Å²) in [5.74, 6) is 0. The third-order valence-corrected chi connectivity index (χ3v) is 10.5. The molecule has 0 aliphatic heterocycles. The van der Waals surface area contributed by atoms with Crippen molar-refractivity contribution in [1.29, 1.82) is 0 Å². The Kier molecular flexibility index (Phi) is 5.96. The molecule has 0 fully saturated rings. The topological polar surface area (TPSA) is 23.0 Å². The van der Waals surface area contributed by atoms with Gasteiger partial charge in [-0.3, -0.25) is 0 Å². The highest BCUT2D eigenvalue weighted by Crippen LogP contribution is 2.43. The summed E-state index contributed by atoms with van der Waals surface area (Å²) in [5.41, 5.74) is 13.5. The fourth-order valence-electron chi connectivity index (χ4n) is 8.37. The molecule has 0 radical (unpaired) electrons. The van der Waals surface area contributed by atoms with Crippen molar-refractivity contribution < 1.29 is 4.42 Å². The van der Waals surface area contributed by atoms with Crippen molar-refractivity contribution in [3.63, 3.8) is 0 Å². The first-order valence-electron chi connectivity index (χ1n) is 17.4. The Balaban J connectivity index is 1.19. The number of nitrogens with zero attached hydrogens (tertiary/aromatic N) is 2. The summed E-state index contributed by atoms with van der Waals surface area (Å²) in [6, 6.07) is 65.4. The summed E-state index contributed by atoms with van der Waals surface area (Å²) in [6.45, 7) is 0. The van der Waals surface area contributed by atoms with Gasteiger partial charge in [0.05, 0.1) is 27.8 Å². The molecule has 51 heavy (non-hydrogen) atoms. The Bertz CT molecular complexity index is 3140. The van der Waals surface area contributed by atoms with E-state index in [2.05, 4.69) is 185 Å². The minimum atomic E-state index is 0.904. The van der Waals surface area contributed by atoms with E-state index in [4.69, 9.17) is 4.42 Å². The zero-order valence-corrected chi connectivity index (χ0v) is 27.6. The molecule has 8 aromatic carbocycles. The zero-order chi connectivity index (χ0) is 33.5. The summed E-state index contributed by atoms with van der Waals surface area (Å²) in [6.07, 6.45) is 0. The summed E-state index contributed by atoms with van der Waals surface area (Å²) in [4.78, 5) is 0. The van der Waals surface area contributed by atoms with Gasteiger partial charge < -0.3 is 13.6 Å². The molecular formula is C48H30N2O. The number of benzene rings is 8. The van der Waals surface area contributed by atoms with Gasteiger partial charge in [0.15, 0.2) is 0 Å². The van der Waals surface area contributed by atoms with E-state index in [0.717, 1.165) is 44.4 Å². The molecule has 238 valence electrons. The number of aromatic nitrogens is 2. The summed E-state index contributed by atoms with van der Waals surface area (Å²) >= 11 is 0. The number of para-hydroxylation sites is 6. The number of rotatable bonds is 4. The first-order valence-corrected chi connectivity index (χ1v) is 17.4. The van der Waals surface area contributed by atoms with Gasteiger partial charge >= 0.3 is 0 Å². The molecular weight excluding hydrogens is 621 g/mol. The monoisotopic (exact) mass is 650 g/mol. The van der Waals surface area contributed by atoms with E-state index in [-0.39, 0.29) is 0 Å². The van der Waals surface area contributed by atoms with Gasteiger partial charge in [-0.05, 0) is 59.7 Å². The second kappa shape index (κ2) is 10.8. The third-order valence-electron chi connectivity index (χ3n) is 10.5. The van der Waals surface area contributed by atoms with Crippen LogP contribution in [0.25, 0.3) is 99.2 Å². The van der Waals surface area contributed by atoms with E-state index in [9.17, 15) is 0 Å². The molecule has 0 unspecified atom stereocenters. The lowest BCUT2D eigenvalue weighted by Gasteiger charge is -2.15. The predicted molar refractivity (Wildman–Crippen MR) is 213 cm³/mol. The molecule has 0 amide bonds. The fourth-order valence-corrected chi connectivity index (χ4v) is 8.37. The van der Waals surface area contributed by atoms with Crippen molar-refractivity contribution in [2.75, 3.05) is 0 Å². The van der Waals surface area contributed by atoms with Gasteiger partial charge in [-0.25, -0.2) is 0 Å².